The van der Waals surface area contributed by atoms with Crippen LogP contribution in [-0.4, -0.2) is 23.2 Å². The molecule has 0 saturated heterocycles. The summed E-state index contributed by atoms with van der Waals surface area (Å²) in [6.07, 6.45) is 2.20. The van der Waals surface area contributed by atoms with Crippen LogP contribution in [0.5, 0.6) is 0 Å². The van der Waals surface area contributed by atoms with Crippen molar-refractivity contribution < 1.29 is 18.7 Å². The molecule has 0 spiro atoms. The number of aliphatic hydroxyl groups is 1. The third kappa shape index (κ3) is 3.54. The molecule has 2 rings (SSSR count). The van der Waals surface area contributed by atoms with Crippen LogP contribution in [0.25, 0.3) is 0 Å². The van der Waals surface area contributed by atoms with E-state index in [1.54, 1.807) is 0 Å². The number of carbonyl (C=O) groups excluding carboxylic acids is 1. The third-order valence-electron chi connectivity index (χ3n) is 3.86. The van der Waals surface area contributed by atoms with Crippen molar-refractivity contribution in [3.63, 3.8) is 0 Å². The van der Waals surface area contributed by atoms with E-state index in [2.05, 4.69) is 5.32 Å². The Bertz CT molecular complexity index is 503. The number of benzene rings is 1. The molecule has 5 heteroatoms. The Morgan fingerprint density at radius 2 is 2.15 bits per heavy atom. The Hall–Kier alpha value is -1.49. The van der Waals surface area contributed by atoms with E-state index < -0.39 is 17.2 Å². The van der Waals surface area contributed by atoms with Crippen LogP contribution >= 0.6 is 0 Å². The molecule has 1 amide bonds. The lowest BCUT2D eigenvalue weighted by molar-refractivity contribution is -0.123. The lowest BCUT2D eigenvalue weighted by atomic mass is 9.96. The van der Waals surface area contributed by atoms with E-state index in [4.69, 9.17) is 0 Å². The topological polar surface area (TPSA) is 49.3 Å². The molecule has 1 atom stereocenters. The number of hydrogen-bond donors (Lipinski definition) is 2. The minimum absolute atomic E-state index is 0.0721. The summed E-state index contributed by atoms with van der Waals surface area (Å²) >= 11 is 0. The third-order valence-corrected chi connectivity index (χ3v) is 3.86. The second-order valence-electron chi connectivity index (χ2n) is 5.63. The maximum atomic E-state index is 13.4. The monoisotopic (exact) mass is 283 g/mol. The van der Waals surface area contributed by atoms with Gasteiger partial charge in [0.15, 0.2) is 0 Å². The largest absolute Gasteiger partial charge is 0.394 e. The molecule has 0 aromatic heterocycles. The zero-order chi connectivity index (χ0) is 14.8. The van der Waals surface area contributed by atoms with Gasteiger partial charge in [-0.2, -0.15) is 0 Å². The van der Waals surface area contributed by atoms with Crippen LogP contribution in [0.2, 0.25) is 0 Å². The molecule has 0 radical (unpaired) electrons. The van der Waals surface area contributed by atoms with Gasteiger partial charge in [0.1, 0.15) is 11.6 Å². The van der Waals surface area contributed by atoms with Crippen molar-refractivity contribution in [2.24, 2.45) is 5.92 Å². The maximum Gasteiger partial charge on any atom is 0.220 e. The van der Waals surface area contributed by atoms with Gasteiger partial charge in [-0.1, -0.05) is 0 Å². The lowest BCUT2D eigenvalue weighted by Gasteiger charge is -2.28. The number of nitrogens with one attached hydrogen (secondary N) is 1. The maximum absolute atomic E-state index is 13.4. The summed E-state index contributed by atoms with van der Waals surface area (Å²) in [5, 5.41) is 12.2. The van der Waals surface area contributed by atoms with Gasteiger partial charge >= 0.3 is 0 Å². The molecule has 20 heavy (non-hydrogen) atoms. The van der Waals surface area contributed by atoms with E-state index in [0.717, 1.165) is 31.0 Å². The van der Waals surface area contributed by atoms with E-state index in [1.807, 2.05) is 6.92 Å². The predicted octanol–water partition coefficient (Wildman–Crippen LogP) is 2.17. The molecule has 1 saturated carbocycles. The van der Waals surface area contributed by atoms with Crippen molar-refractivity contribution in [3.05, 3.63) is 35.4 Å². The first-order valence-electron chi connectivity index (χ1n) is 6.80. The van der Waals surface area contributed by atoms with Gasteiger partial charge in [-0.3, -0.25) is 4.79 Å². The highest BCUT2D eigenvalue weighted by Gasteiger charge is 2.41. The highest BCUT2D eigenvalue weighted by atomic mass is 19.1. The molecule has 0 heterocycles. The molecule has 1 aliphatic rings. The summed E-state index contributed by atoms with van der Waals surface area (Å²) in [4.78, 5) is 11.9. The Balaban J connectivity index is 1.90. The number of rotatable bonds is 6. The molecule has 1 aromatic rings. The van der Waals surface area contributed by atoms with Crippen LogP contribution in [0.4, 0.5) is 8.78 Å². The second-order valence-corrected chi connectivity index (χ2v) is 5.63. The van der Waals surface area contributed by atoms with Gasteiger partial charge in [0.05, 0.1) is 12.1 Å². The number of amides is 1. The zero-order valence-electron chi connectivity index (χ0n) is 11.5. The first kappa shape index (κ1) is 14.9. The lowest BCUT2D eigenvalue weighted by Crippen LogP contribution is -2.50. The van der Waals surface area contributed by atoms with Gasteiger partial charge in [0.25, 0.3) is 0 Å². The van der Waals surface area contributed by atoms with Gasteiger partial charge in [-0.25, -0.2) is 8.78 Å². The summed E-state index contributed by atoms with van der Waals surface area (Å²) in [7, 11) is 0. The molecule has 1 fully saturated rings. The zero-order valence-corrected chi connectivity index (χ0v) is 11.5. The summed E-state index contributed by atoms with van der Waals surface area (Å²) in [6.45, 7) is 1.70. The first-order chi connectivity index (χ1) is 9.44. The van der Waals surface area contributed by atoms with Crippen molar-refractivity contribution in [2.75, 3.05) is 6.61 Å². The summed E-state index contributed by atoms with van der Waals surface area (Å²) in [5.74, 6) is -0.967. The number of halogens is 2. The van der Waals surface area contributed by atoms with Crippen molar-refractivity contribution in [1.82, 2.24) is 5.32 Å². The predicted molar refractivity (Wildman–Crippen MR) is 71.0 cm³/mol. The van der Waals surface area contributed by atoms with Crippen LogP contribution < -0.4 is 5.32 Å². The standard InChI is InChI=1S/C15H19F2NO2/c1-15(9-19,11-3-4-11)18-14(20)7-2-10-8-12(16)5-6-13(10)17/h5-6,8,11,19H,2-4,7,9H2,1H3,(H,18,20). The number of aryl methyl sites for hydroxylation is 1. The molecule has 0 bridgehead atoms. The SMILES string of the molecule is CC(CO)(NC(=O)CCc1cc(F)ccc1F)C1CC1. The molecule has 3 nitrogen and oxygen atoms in total. The highest BCUT2D eigenvalue weighted by molar-refractivity contribution is 5.77. The second kappa shape index (κ2) is 5.87. The minimum atomic E-state index is -0.600. The van der Waals surface area contributed by atoms with Crippen molar-refractivity contribution >= 4 is 5.91 Å². The normalized spacial score (nSPS) is 17.6. The van der Waals surface area contributed by atoms with Crippen molar-refractivity contribution in [3.8, 4) is 0 Å². The molecule has 1 unspecified atom stereocenters. The Morgan fingerprint density at radius 1 is 1.45 bits per heavy atom. The summed E-state index contributed by atoms with van der Waals surface area (Å²) in [5.41, 5.74) is -0.408. The van der Waals surface area contributed by atoms with Crippen LogP contribution in [-0.2, 0) is 11.2 Å². The Labute approximate surface area is 117 Å². The first-order valence-corrected chi connectivity index (χ1v) is 6.80. The van der Waals surface area contributed by atoms with Gasteiger partial charge in [-0.15, -0.1) is 0 Å². The summed E-state index contributed by atoms with van der Waals surface area (Å²) in [6, 6.07) is 3.22. The average Bonchev–Trinajstić information content (AvgIpc) is 3.24. The van der Waals surface area contributed by atoms with E-state index in [1.165, 1.54) is 0 Å². The van der Waals surface area contributed by atoms with Crippen molar-refractivity contribution in [1.29, 1.82) is 0 Å². The molecule has 2 N–H and O–H groups in total. The van der Waals surface area contributed by atoms with Crippen molar-refractivity contribution in [2.45, 2.75) is 38.1 Å². The fourth-order valence-corrected chi connectivity index (χ4v) is 2.36. The van der Waals surface area contributed by atoms with Gasteiger partial charge < -0.3 is 10.4 Å². The van der Waals surface area contributed by atoms with Gasteiger partial charge in [0, 0.05) is 6.42 Å². The van der Waals surface area contributed by atoms with Gasteiger partial charge in [-0.05, 0) is 55.9 Å². The molecule has 0 aliphatic heterocycles. The average molecular weight is 283 g/mol. The fourth-order valence-electron chi connectivity index (χ4n) is 2.36. The Morgan fingerprint density at radius 3 is 2.75 bits per heavy atom. The molecule has 1 aromatic carbocycles. The Kier molecular flexibility index (Phi) is 4.38. The van der Waals surface area contributed by atoms with Crippen LogP contribution in [0.15, 0.2) is 18.2 Å². The molecule has 110 valence electrons. The van der Waals surface area contributed by atoms with Gasteiger partial charge in [0.2, 0.25) is 5.91 Å². The van der Waals surface area contributed by atoms with Crippen LogP contribution in [0.3, 0.4) is 0 Å². The van der Waals surface area contributed by atoms with E-state index in [0.29, 0.717) is 5.92 Å². The van der Waals surface area contributed by atoms with E-state index in [-0.39, 0.29) is 30.9 Å². The molecular formula is C15H19F2NO2. The van der Waals surface area contributed by atoms with E-state index >= 15 is 0 Å². The molecular weight excluding hydrogens is 264 g/mol. The molecule has 1 aliphatic carbocycles. The minimum Gasteiger partial charge on any atom is -0.394 e. The number of hydrogen-bond acceptors (Lipinski definition) is 2. The summed E-state index contributed by atoms with van der Waals surface area (Å²) < 4.78 is 26.4. The highest BCUT2D eigenvalue weighted by Crippen LogP contribution is 2.39. The van der Waals surface area contributed by atoms with Crippen LogP contribution in [0.1, 0.15) is 31.7 Å². The van der Waals surface area contributed by atoms with Crippen LogP contribution in [0, 0.1) is 17.6 Å². The smallest absolute Gasteiger partial charge is 0.220 e. The number of aliphatic hydroxyl groups excluding tert-OH is 1. The quantitative estimate of drug-likeness (QED) is 0.840. The van der Waals surface area contributed by atoms with E-state index in [9.17, 15) is 18.7 Å². The fraction of sp³-hybridized carbons (Fsp3) is 0.533. The number of carbonyl (C=O) groups is 1.